The van der Waals surface area contributed by atoms with E-state index in [0.29, 0.717) is 16.2 Å². The first kappa shape index (κ1) is 20.6. The van der Waals surface area contributed by atoms with E-state index < -0.39 is 34.6 Å². The van der Waals surface area contributed by atoms with E-state index in [1.54, 1.807) is 32.0 Å². The largest absolute Gasteiger partial charge is 0.465 e. The third-order valence-corrected chi connectivity index (χ3v) is 5.12. The van der Waals surface area contributed by atoms with Crippen molar-refractivity contribution < 1.29 is 28.1 Å². The van der Waals surface area contributed by atoms with Crippen molar-refractivity contribution >= 4 is 28.5 Å². The molecule has 0 aliphatic rings. The van der Waals surface area contributed by atoms with Gasteiger partial charge in [0.25, 0.3) is 0 Å². The lowest BCUT2D eigenvalue weighted by Gasteiger charge is -2.13. The van der Waals surface area contributed by atoms with Crippen molar-refractivity contribution in [1.29, 1.82) is 0 Å². The first-order chi connectivity index (χ1) is 12.7. The normalized spacial score (nSPS) is 12.9. The van der Waals surface area contributed by atoms with E-state index in [1.165, 1.54) is 26.4 Å². The average Bonchev–Trinajstić information content (AvgIpc) is 2.94. The molecule has 0 unspecified atom stereocenters. The topological polar surface area (TPSA) is 103 Å². The highest BCUT2D eigenvalue weighted by atomic mass is 32.2. The van der Waals surface area contributed by atoms with Gasteiger partial charge in [0, 0.05) is 11.9 Å². The Morgan fingerprint density at radius 2 is 1.74 bits per heavy atom. The Morgan fingerprint density at radius 3 is 2.33 bits per heavy atom. The quantitative estimate of drug-likeness (QED) is 0.600. The number of aromatic amines is 1. The Morgan fingerprint density at radius 1 is 1.11 bits per heavy atom. The average molecular weight is 391 g/mol. The Bertz CT molecular complexity index is 930. The third-order valence-electron chi connectivity index (χ3n) is 4.14. The highest BCUT2D eigenvalue weighted by molar-refractivity contribution is 7.84. The molecule has 1 heterocycles. The lowest BCUT2D eigenvalue weighted by atomic mass is 10.1. The van der Waals surface area contributed by atoms with Gasteiger partial charge in [0.05, 0.1) is 39.6 Å². The summed E-state index contributed by atoms with van der Waals surface area (Å²) in [6, 6.07) is 6.36. The van der Waals surface area contributed by atoms with Crippen molar-refractivity contribution in [2.75, 3.05) is 13.4 Å². The predicted molar refractivity (Wildman–Crippen MR) is 99.6 cm³/mol. The summed E-state index contributed by atoms with van der Waals surface area (Å²) in [5.41, 5.74) is 1.54. The van der Waals surface area contributed by atoms with Crippen LogP contribution in [0.4, 0.5) is 0 Å². The molecule has 1 aromatic heterocycles. The number of Topliss-reactive ketones (excluding diaryl/α,β-unsaturated/α-hetero) is 1. The SMILES string of the molecule is COC(=O)c1c(C)[nH]c(C(=O)[C@@H](C)OC(=O)c2ccccc2[S@](C)=O)c1C. The van der Waals surface area contributed by atoms with E-state index in [-0.39, 0.29) is 16.8 Å². The molecule has 0 spiro atoms. The summed E-state index contributed by atoms with van der Waals surface area (Å²) in [6.45, 7) is 4.71. The first-order valence-corrected chi connectivity index (χ1v) is 9.70. The summed E-state index contributed by atoms with van der Waals surface area (Å²) in [5.74, 6) is -1.77. The molecule has 2 aromatic rings. The van der Waals surface area contributed by atoms with E-state index in [2.05, 4.69) is 4.98 Å². The van der Waals surface area contributed by atoms with E-state index >= 15 is 0 Å². The van der Waals surface area contributed by atoms with Gasteiger partial charge in [0.1, 0.15) is 0 Å². The van der Waals surface area contributed by atoms with Gasteiger partial charge in [-0.2, -0.15) is 0 Å². The molecule has 7 nitrogen and oxygen atoms in total. The number of ether oxygens (including phenoxy) is 2. The fourth-order valence-corrected chi connectivity index (χ4v) is 3.50. The van der Waals surface area contributed by atoms with Crippen LogP contribution in [0.1, 0.15) is 49.4 Å². The van der Waals surface area contributed by atoms with Gasteiger partial charge in [-0.25, -0.2) is 9.59 Å². The first-order valence-electron chi connectivity index (χ1n) is 8.14. The Kier molecular flexibility index (Phi) is 6.32. The number of ketones is 1. The van der Waals surface area contributed by atoms with Gasteiger partial charge in [-0.1, -0.05) is 12.1 Å². The van der Waals surface area contributed by atoms with Gasteiger partial charge in [-0.15, -0.1) is 0 Å². The summed E-state index contributed by atoms with van der Waals surface area (Å²) in [5, 5.41) is 0. The van der Waals surface area contributed by atoms with E-state index in [0.717, 1.165) is 0 Å². The van der Waals surface area contributed by atoms with Crippen molar-refractivity contribution in [2.45, 2.75) is 31.8 Å². The van der Waals surface area contributed by atoms with Crippen molar-refractivity contribution in [1.82, 2.24) is 4.98 Å². The minimum absolute atomic E-state index is 0.146. The molecule has 144 valence electrons. The number of hydrogen-bond donors (Lipinski definition) is 1. The second-order valence-corrected chi connectivity index (χ2v) is 7.33. The molecule has 0 aliphatic carbocycles. The van der Waals surface area contributed by atoms with Crippen molar-refractivity contribution in [3.63, 3.8) is 0 Å². The van der Waals surface area contributed by atoms with E-state index in [1.807, 2.05) is 0 Å². The van der Waals surface area contributed by atoms with Crippen LogP contribution in [0, 0.1) is 13.8 Å². The molecule has 0 saturated carbocycles. The van der Waals surface area contributed by atoms with Gasteiger partial charge in [-0.05, 0) is 38.5 Å². The number of carbonyl (C=O) groups is 3. The maximum atomic E-state index is 12.7. The molecule has 2 rings (SSSR count). The number of aromatic nitrogens is 1. The molecule has 1 N–H and O–H groups in total. The molecule has 2 atom stereocenters. The molecular formula is C19H21NO6S. The molecule has 0 bridgehead atoms. The number of H-pyrrole nitrogens is 1. The van der Waals surface area contributed by atoms with Gasteiger partial charge in [-0.3, -0.25) is 9.00 Å². The molecule has 8 heteroatoms. The monoisotopic (exact) mass is 391 g/mol. The fourth-order valence-electron chi connectivity index (χ4n) is 2.77. The zero-order valence-electron chi connectivity index (χ0n) is 15.7. The van der Waals surface area contributed by atoms with Gasteiger partial charge < -0.3 is 14.5 Å². The second-order valence-electron chi connectivity index (χ2n) is 5.98. The maximum absolute atomic E-state index is 12.7. The number of carbonyl (C=O) groups excluding carboxylic acids is 3. The molecule has 0 saturated heterocycles. The molecular weight excluding hydrogens is 370 g/mol. The Balaban J connectivity index is 2.26. The van der Waals surface area contributed by atoms with Gasteiger partial charge >= 0.3 is 11.9 Å². The van der Waals surface area contributed by atoms with Crippen molar-refractivity contribution in [3.05, 3.63) is 52.3 Å². The lowest BCUT2D eigenvalue weighted by Crippen LogP contribution is -2.26. The minimum Gasteiger partial charge on any atom is -0.465 e. The van der Waals surface area contributed by atoms with Gasteiger partial charge in [0.15, 0.2) is 6.10 Å². The number of nitrogens with one attached hydrogen (secondary N) is 1. The predicted octanol–water partition coefficient (Wildman–Crippen LogP) is 2.58. The highest BCUT2D eigenvalue weighted by Gasteiger charge is 2.28. The standard InChI is InChI=1S/C19H21NO6S/c1-10-15(19(23)25-4)11(2)20-16(10)17(21)12(3)26-18(22)13-8-6-7-9-14(13)27(5)24/h6-9,12,20H,1-5H3/t12-,27+/m1/s1. The summed E-state index contributed by atoms with van der Waals surface area (Å²) in [4.78, 5) is 40.2. The number of esters is 2. The number of rotatable bonds is 6. The number of methoxy groups -OCH3 is 1. The number of aryl methyl sites for hydroxylation is 1. The maximum Gasteiger partial charge on any atom is 0.340 e. The van der Waals surface area contributed by atoms with Crippen LogP contribution >= 0.6 is 0 Å². The van der Waals surface area contributed by atoms with Crippen molar-refractivity contribution in [2.24, 2.45) is 0 Å². The minimum atomic E-state index is -1.38. The molecule has 0 fully saturated rings. The number of hydrogen-bond acceptors (Lipinski definition) is 6. The second kappa shape index (κ2) is 8.30. The molecule has 27 heavy (non-hydrogen) atoms. The van der Waals surface area contributed by atoms with E-state index in [9.17, 15) is 18.6 Å². The Labute approximate surface area is 159 Å². The van der Waals surface area contributed by atoms with Crippen LogP contribution < -0.4 is 0 Å². The van der Waals surface area contributed by atoms with Crippen LogP contribution in [0.15, 0.2) is 29.2 Å². The lowest BCUT2D eigenvalue weighted by molar-refractivity contribution is 0.0313. The van der Waals surface area contributed by atoms with Crippen LogP contribution in [0.2, 0.25) is 0 Å². The molecule has 0 amide bonds. The van der Waals surface area contributed by atoms with Crippen molar-refractivity contribution in [3.8, 4) is 0 Å². The zero-order valence-corrected chi connectivity index (χ0v) is 16.6. The number of benzene rings is 1. The zero-order chi connectivity index (χ0) is 20.3. The third kappa shape index (κ3) is 4.16. The molecule has 0 radical (unpaired) electrons. The van der Waals surface area contributed by atoms with Crippen LogP contribution in [0.3, 0.4) is 0 Å². The summed E-state index contributed by atoms with van der Waals surface area (Å²) in [6.07, 6.45) is 0.359. The smallest absolute Gasteiger partial charge is 0.340 e. The van der Waals surface area contributed by atoms with E-state index in [4.69, 9.17) is 9.47 Å². The summed E-state index contributed by atoms with van der Waals surface area (Å²) < 4.78 is 21.8. The van der Waals surface area contributed by atoms with Crippen LogP contribution in [-0.2, 0) is 20.3 Å². The Hall–Kier alpha value is -2.74. The summed E-state index contributed by atoms with van der Waals surface area (Å²) >= 11 is 0. The summed E-state index contributed by atoms with van der Waals surface area (Å²) in [7, 11) is -0.117. The van der Waals surface area contributed by atoms with Crippen LogP contribution in [0.5, 0.6) is 0 Å². The molecule has 1 aromatic carbocycles. The van der Waals surface area contributed by atoms with Crippen LogP contribution in [0.25, 0.3) is 0 Å². The molecule has 0 aliphatic heterocycles. The highest BCUT2D eigenvalue weighted by Crippen LogP contribution is 2.21. The fraction of sp³-hybridized carbons (Fsp3) is 0.316. The van der Waals surface area contributed by atoms with Crippen LogP contribution in [-0.4, -0.2) is 46.4 Å². The van der Waals surface area contributed by atoms with Gasteiger partial charge in [0.2, 0.25) is 5.78 Å².